The normalized spacial score (nSPS) is 21.5. The van der Waals surface area contributed by atoms with E-state index in [4.69, 9.17) is 0 Å². The van der Waals surface area contributed by atoms with Gasteiger partial charge in [-0.05, 0) is 18.9 Å². The molecule has 1 atom stereocenters. The Morgan fingerprint density at radius 2 is 2.31 bits per heavy atom. The molecule has 0 amide bonds. The van der Waals surface area contributed by atoms with Crippen molar-refractivity contribution in [2.75, 3.05) is 24.5 Å². The Kier molecular flexibility index (Phi) is 3.39. The fraction of sp³-hybridized carbons (Fsp3) is 0.667. The molecule has 0 bridgehead atoms. The van der Waals surface area contributed by atoms with Crippen molar-refractivity contribution in [1.29, 1.82) is 0 Å². The van der Waals surface area contributed by atoms with Gasteiger partial charge in [0.1, 0.15) is 11.6 Å². The molecule has 0 saturated carbocycles. The lowest BCUT2D eigenvalue weighted by Crippen LogP contribution is -2.53. The molecule has 1 aromatic heterocycles. The van der Waals surface area contributed by atoms with Crippen LogP contribution in [0.15, 0.2) is 12.3 Å². The van der Waals surface area contributed by atoms with Crippen molar-refractivity contribution in [2.45, 2.75) is 26.8 Å². The van der Waals surface area contributed by atoms with E-state index in [0.717, 1.165) is 31.3 Å². The van der Waals surface area contributed by atoms with Crippen molar-refractivity contribution in [3.63, 3.8) is 0 Å². The number of anilines is 1. The number of nitrogens with zero attached hydrogens (tertiary/aromatic N) is 3. The Labute approximate surface area is 97.1 Å². The predicted octanol–water partition coefficient (Wildman–Crippen LogP) is 1.22. The van der Waals surface area contributed by atoms with Crippen LogP contribution in [0.25, 0.3) is 0 Å². The van der Waals surface area contributed by atoms with E-state index in [9.17, 15) is 0 Å². The maximum atomic E-state index is 4.48. The molecule has 4 nitrogen and oxygen atoms in total. The molecular formula is C12H20N4. The number of aromatic nitrogens is 2. The first kappa shape index (κ1) is 11.3. The lowest BCUT2D eigenvalue weighted by molar-refractivity contribution is 0.367. The van der Waals surface area contributed by atoms with Gasteiger partial charge in [0.05, 0.1) is 0 Å². The average molecular weight is 220 g/mol. The highest BCUT2D eigenvalue weighted by molar-refractivity contribution is 5.38. The molecule has 1 N–H and O–H groups in total. The van der Waals surface area contributed by atoms with Crippen LogP contribution >= 0.6 is 0 Å². The molecule has 1 aliphatic heterocycles. The van der Waals surface area contributed by atoms with E-state index < -0.39 is 0 Å². The molecule has 1 aliphatic rings. The quantitative estimate of drug-likeness (QED) is 0.813. The molecule has 0 spiro atoms. The van der Waals surface area contributed by atoms with Crippen molar-refractivity contribution in [3.8, 4) is 0 Å². The Hall–Kier alpha value is -1.16. The summed E-state index contributed by atoms with van der Waals surface area (Å²) in [6.45, 7) is 9.55. The third-order valence-electron chi connectivity index (χ3n) is 3.10. The standard InChI is InChI=1S/C12H20N4/c1-9(2)11-8-16(7-6-14-11)12-4-5-13-10(3)15-12/h4-5,9,11,14H,6-8H2,1-3H3. The van der Waals surface area contributed by atoms with E-state index in [2.05, 4.69) is 34.0 Å². The number of hydrogen-bond donors (Lipinski definition) is 1. The second-order valence-electron chi connectivity index (χ2n) is 4.71. The Bertz CT molecular complexity index is 351. The molecule has 16 heavy (non-hydrogen) atoms. The summed E-state index contributed by atoms with van der Waals surface area (Å²) < 4.78 is 0. The molecular weight excluding hydrogens is 200 g/mol. The van der Waals surface area contributed by atoms with Gasteiger partial charge in [-0.1, -0.05) is 13.8 Å². The number of hydrogen-bond acceptors (Lipinski definition) is 4. The molecule has 1 aromatic rings. The topological polar surface area (TPSA) is 41.1 Å². The van der Waals surface area contributed by atoms with Crippen LogP contribution in [0, 0.1) is 12.8 Å². The van der Waals surface area contributed by atoms with Gasteiger partial charge in [-0.3, -0.25) is 0 Å². The van der Waals surface area contributed by atoms with E-state index in [1.165, 1.54) is 0 Å². The van der Waals surface area contributed by atoms with Gasteiger partial charge in [-0.25, -0.2) is 9.97 Å². The minimum absolute atomic E-state index is 0.559. The summed E-state index contributed by atoms with van der Waals surface area (Å²) in [5.41, 5.74) is 0. The molecule has 0 aliphatic carbocycles. The Morgan fingerprint density at radius 1 is 1.50 bits per heavy atom. The van der Waals surface area contributed by atoms with Gasteiger partial charge in [0.2, 0.25) is 0 Å². The molecule has 1 fully saturated rings. The third kappa shape index (κ3) is 2.50. The van der Waals surface area contributed by atoms with E-state index >= 15 is 0 Å². The van der Waals surface area contributed by atoms with Crippen LogP contribution in [0.2, 0.25) is 0 Å². The fourth-order valence-electron chi connectivity index (χ4n) is 2.05. The summed E-state index contributed by atoms with van der Waals surface area (Å²) >= 11 is 0. The maximum Gasteiger partial charge on any atom is 0.132 e. The van der Waals surface area contributed by atoms with E-state index in [1.54, 1.807) is 0 Å². The molecule has 88 valence electrons. The van der Waals surface area contributed by atoms with E-state index in [-0.39, 0.29) is 0 Å². The maximum absolute atomic E-state index is 4.48. The third-order valence-corrected chi connectivity index (χ3v) is 3.10. The average Bonchev–Trinajstić information content (AvgIpc) is 2.29. The van der Waals surface area contributed by atoms with Gasteiger partial charge in [0.15, 0.2) is 0 Å². The van der Waals surface area contributed by atoms with Crippen molar-refractivity contribution < 1.29 is 0 Å². The van der Waals surface area contributed by atoms with Crippen LogP contribution in [0.5, 0.6) is 0 Å². The zero-order valence-electron chi connectivity index (χ0n) is 10.3. The second-order valence-corrected chi connectivity index (χ2v) is 4.71. The molecule has 2 heterocycles. The van der Waals surface area contributed by atoms with Crippen molar-refractivity contribution in [1.82, 2.24) is 15.3 Å². The van der Waals surface area contributed by atoms with Gasteiger partial charge in [-0.2, -0.15) is 0 Å². The summed E-state index contributed by atoms with van der Waals surface area (Å²) in [7, 11) is 0. The molecule has 2 rings (SSSR count). The summed E-state index contributed by atoms with van der Waals surface area (Å²) in [4.78, 5) is 11.0. The Morgan fingerprint density at radius 3 is 3.00 bits per heavy atom. The van der Waals surface area contributed by atoms with Crippen LogP contribution in [0.3, 0.4) is 0 Å². The zero-order valence-corrected chi connectivity index (χ0v) is 10.3. The second kappa shape index (κ2) is 4.78. The van der Waals surface area contributed by atoms with Gasteiger partial charge in [0.25, 0.3) is 0 Å². The number of piperazine rings is 1. The van der Waals surface area contributed by atoms with Crippen molar-refractivity contribution in [3.05, 3.63) is 18.1 Å². The monoisotopic (exact) mass is 220 g/mol. The minimum Gasteiger partial charge on any atom is -0.354 e. The first-order valence-corrected chi connectivity index (χ1v) is 5.95. The van der Waals surface area contributed by atoms with Gasteiger partial charge < -0.3 is 10.2 Å². The first-order chi connectivity index (χ1) is 7.66. The summed E-state index contributed by atoms with van der Waals surface area (Å²) in [5.74, 6) is 2.56. The smallest absolute Gasteiger partial charge is 0.132 e. The summed E-state index contributed by atoms with van der Waals surface area (Å²) in [5, 5.41) is 3.55. The van der Waals surface area contributed by atoms with Gasteiger partial charge in [0, 0.05) is 31.9 Å². The number of aryl methyl sites for hydroxylation is 1. The van der Waals surface area contributed by atoms with Crippen molar-refractivity contribution >= 4 is 5.82 Å². The highest BCUT2D eigenvalue weighted by Gasteiger charge is 2.22. The van der Waals surface area contributed by atoms with Crippen LogP contribution in [-0.4, -0.2) is 35.6 Å². The largest absolute Gasteiger partial charge is 0.354 e. The molecule has 4 heteroatoms. The van der Waals surface area contributed by atoms with Crippen molar-refractivity contribution in [2.24, 2.45) is 5.92 Å². The zero-order chi connectivity index (χ0) is 11.5. The lowest BCUT2D eigenvalue weighted by atomic mass is 10.0. The molecule has 1 unspecified atom stereocenters. The fourth-order valence-corrected chi connectivity index (χ4v) is 2.05. The predicted molar refractivity (Wildman–Crippen MR) is 65.6 cm³/mol. The molecule has 0 radical (unpaired) electrons. The van der Waals surface area contributed by atoms with Gasteiger partial charge in [-0.15, -0.1) is 0 Å². The van der Waals surface area contributed by atoms with Crippen LogP contribution in [-0.2, 0) is 0 Å². The van der Waals surface area contributed by atoms with Crippen LogP contribution in [0.1, 0.15) is 19.7 Å². The first-order valence-electron chi connectivity index (χ1n) is 5.95. The molecule has 1 saturated heterocycles. The Balaban J connectivity index is 2.09. The highest BCUT2D eigenvalue weighted by atomic mass is 15.2. The van der Waals surface area contributed by atoms with Crippen LogP contribution in [0.4, 0.5) is 5.82 Å². The highest BCUT2D eigenvalue weighted by Crippen LogP contribution is 2.15. The van der Waals surface area contributed by atoms with Gasteiger partial charge >= 0.3 is 0 Å². The number of nitrogens with one attached hydrogen (secondary N) is 1. The minimum atomic E-state index is 0.559. The summed E-state index contributed by atoms with van der Waals surface area (Å²) in [6.07, 6.45) is 1.84. The SMILES string of the molecule is Cc1nccc(N2CCNC(C(C)C)C2)n1. The number of rotatable bonds is 2. The molecule has 0 aromatic carbocycles. The van der Waals surface area contributed by atoms with Crippen LogP contribution < -0.4 is 10.2 Å². The van der Waals surface area contributed by atoms with E-state index in [1.807, 2.05) is 19.2 Å². The lowest BCUT2D eigenvalue weighted by Gasteiger charge is -2.36. The summed E-state index contributed by atoms with van der Waals surface area (Å²) in [6, 6.07) is 2.56. The van der Waals surface area contributed by atoms with E-state index in [0.29, 0.717) is 12.0 Å².